The zero-order valence-electron chi connectivity index (χ0n) is 19.0. The fourth-order valence-electron chi connectivity index (χ4n) is 3.43. The van der Waals surface area contributed by atoms with Crippen molar-refractivity contribution < 1.29 is 42.3 Å². The first kappa shape index (κ1) is 28.3. The summed E-state index contributed by atoms with van der Waals surface area (Å²) in [6.45, 7) is 2.49. The van der Waals surface area contributed by atoms with E-state index in [1.54, 1.807) is 0 Å². The lowest BCUT2D eigenvalue weighted by Crippen LogP contribution is -2.36. The molecular weight excluding hydrogens is 477 g/mol. The second kappa shape index (κ2) is 15.9. The summed E-state index contributed by atoms with van der Waals surface area (Å²) in [5, 5.41) is 9.19. The maximum atomic E-state index is 11.9. The number of nitrogens with one attached hydrogen (secondary N) is 3. The number of thioether (sulfide) groups is 1. The molecule has 0 aromatic heterocycles. The van der Waals surface area contributed by atoms with Crippen LogP contribution < -0.4 is 16.0 Å². The molecule has 0 aromatic rings. The molecule has 4 N–H and O–H groups in total. The summed E-state index contributed by atoms with van der Waals surface area (Å²) < 4.78 is 35.8. The number of rotatable bonds is 19. The lowest BCUT2D eigenvalue weighted by atomic mass is 10.0. The molecule has 0 bridgehead atoms. The van der Waals surface area contributed by atoms with Crippen LogP contribution in [0.3, 0.4) is 0 Å². The number of hydrogen-bond acceptors (Lipinski definition) is 9. The van der Waals surface area contributed by atoms with Crippen LogP contribution in [-0.2, 0) is 32.6 Å². The van der Waals surface area contributed by atoms with Crippen LogP contribution in [0.15, 0.2) is 0 Å². The number of phosphoric ester groups is 1. The quantitative estimate of drug-likeness (QED) is 0.110. The third-order valence-electron chi connectivity index (χ3n) is 5.11. The molecule has 3 amide bonds. The first-order valence-corrected chi connectivity index (χ1v) is 13.7. The normalized spacial score (nSPS) is 23.6. The molecule has 0 saturated carbocycles. The molecule has 2 aliphatic heterocycles. The van der Waals surface area contributed by atoms with Crippen molar-refractivity contribution in [3.8, 4) is 0 Å². The summed E-state index contributed by atoms with van der Waals surface area (Å²) in [5.41, 5.74) is 0. The number of carbonyl (C=O) groups is 2. The largest absolute Gasteiger partial charge is 0.471 e. The molecule has 33 heavy (non-hydrogen) atoms. The highest BCUT2D eigenvalue weighted by Gasteiger charge is 2.42. The third-order valence-corrected chi connectivity index (χ3v) is 7.58. The zero-order valence-corrected chi connectivity index (χ0v) is 20.7. The monoisotopic (exact) mass is 513 g/mol. The molecule has 2 rings (SSSR count). The Morgan fingerprint density at radius 1 is 1.09 bits per heavy atom. The fraction of sp³-hybridized carbons (Fsp3) is 0.895. The molecule has 0 aliphatic carbocycles. The van der Waals surface area contributed by atoms with E-state index in [-0.39, 0.29) is 37.2 Å². The Bertz CT molecular complexity index is 646. The van der Waals surface area contributed by atoms with Gasteiger partial charge in [-0.15, -0.1) is 0 Å². The minimum absolute atomic E-state index is 0.0202. The van der Waals surface area contributed by atoms with Gasteiger partial charge in [0.05, 0.1) is 58.3 Å². The molecule has 192 valence electrons. The topological polar surface area (TPSA) is 154 Å². The Morgan fingerprint density at radius 3 is 2.45 bits per heavy atom. The lowest BCUT2D eigenvalue weighted by Gasteiger charge is -2.16. The van der Waals surface area contributed by atoms with Crippen molar-refractivity contribution in [1.29, 1.82) is 0 Å². The van der Waals surface area contributed by atoms with Gasteiger partial charge in [-0.3, -0.25) is 13.8 Å². The Kier molecular flexibility index (Phi) is 13.6. The third kappa shape index (κ3) is 11.9. The van der Waals surface area contributed by atoms with E-state index in [2.05, 4.69) is 25.0 Å². The number of urea groups is 1. The van der Waals surface area contributed by atoms with Crippen molar-refractivity contribution in [2.75, 3.05) is 65.7 Å². The molecule has 0 spiro atoms. The molecule has 0 radical (unpaired) electrons. The summed E-state index contributed by atoms with van der Waals surface area (Å²) in [4.78, 5) is 32.3. The number of amides is 3. The molecule has 2 heterocycles. The zero-order chi connectivity index (χ0) is 23.9. The van der Waals surface area contributed by atoms with Crippen molar-refractivity contribution in [3.63, 3.8) is 0 Å². The van der Waals surface area contributed by atoms with Crippen molar-refractivity contribution in [2.24, 2.45) is 0 Å². The predicted octanol–water partition coefficient (Wildman–Crippen LogP) is 0.642. The van der Waals surface area contributed by atoms with E-state index in [1.807, 2.05) is 11.8 Å². The number of unbranched alkanes of at least 4 members (excludes halogenated alkanes) is 1. The highest BCUT2D eigenvalue weighted by molar-refractivity contribution is 8.00. The summed E-state index contributed by atoms with van der Waals surface area (Å²) >= 11 is 1.89. The maximum absolute atomic E-state index is 11.9. The molecule has 2 aliphatic rings. The van der Waals surface area contributed by atoms with Gasteiger partial charge in [0.15, 0.2) is 0 Å². The summed E-state index contributed by atoms with van der Waals surface area (Å²) in [5.74, 6) is 0.973. The standard InChI is InChI=1S/C19H36N3O9PS/c1-27-32(25,26)31-13-12-30-11-10-29-9-8-28-7-6-20-17(23)5-3-2-4-16-18-15(14-33-16)21-19(24)22-18/h15-16,18H,2-14H2,1H3,(H,20,23)(H,25,26)(H2,21,22,24). The van der Waals surface area contributed by atoms with Gasteiger partial charge in [0.1, 0.15) is 0 Å². The Labute approximate surface area is 198 Å². The Hall–Kier alpha value is -0.920. The van der Waals surface area contributed by atoms with Gasteiger partial charge in [-0.05, 0) is 12.8 Å². The van der Waals surface area contributed by atoms with Gasteiger partial charge in [0.2, 0.25) is 5.91 Å². The summed E-state index contributed by atoms with van der Waals surface area (Å²) in [6.07, 6.45) is 3.29. The Balaban J connectivity index is 1.30. The Morgan fingerprint density at radius 2 is 1.76 bits per heavy atom. The smallest absolute Gasteiger partial charge is 0.377 e. The number of carbonyl (C=O) groups excluding carboxylic acids is 2. The molecule has 0 aromatic carbocycles. The van der Waals surface area contributed by atoms with Crippen LogP contribution in [0.5, 0.6) is 0 Å². The van der Waals surface area contributed by atoms with Crippen LogP contribution in [0.4, 0.5) is 4.79 Å². The number of fused-ring (bicyclic) bond motifs is 1. The van der Waals surface area contributed by atoms with E-state index in [9.17, 15) is 14.2 Å². The van der Waals surface area contributed by atoms with Crippen molar-refractivity contribution in [2.45, 2.75) is 43.0 Å². The van der Waals surface area contributed by atoms with Crippen molar-refractivity contribution in [1.82, 2.24) is 16.0 Å². The van der Waals surface area contributed by atoms with Gasteiger partial charge in [0, 0.05) is 31.1 Å². The minimum atomic E-state index is -3.94. The maximum Gasteiger partial charge on any atom is 0.471 e. The average Bonchev–Trinajstić information content (AvgIpc) is 3.33. The van der Waals surface area contributed by atoms with Gasteiger partial charge < -0.3 is 35.1 Å². The van der Waals surface area contributed by atoms with Gasteiger partial charge >= 0.3 is 13.9 Å². The van der Waals surface area contributed by atoms with Gasteiger partial charge in [-0.25, -0.2) is 9.36 Å². The molecule has 14 heteroatoms. The van der Waals surface area contributed by atoms with E-state index in [0.717, 1.165) is 32.1 Å². The summed E-state index contributed by atoms with van der Waals surface area (Å²) in [7, 11) is -2.85. The first-order valence-electron chi connectivity index (χ1n) is 11.1. The highest BCUT2D eigenvalue weighted by Crippen LogP contribution is 2.41. The second-order valence-corrected chi connectivity index (χ2v) is 10.4. The molecule has 4 unspecified atom stereocenters. The van der Waals surface area contributed by atoms with E-state index < -0.39 is 7.82 Å². The van der Waals surface area contributed by atoms with Crippen LogP contribution in [0.2, 0.25) is 0 Å². The molecule has 4 atom stereocenters. The van der Waals surface area contributed by atoms with E-state index in [4.69, 9.17) is 19.1 Å². The number of phosphoric acid groups is 1. The summed E-state index contributed by atoms with van der Waals surface area (Å²) in [6, 6.07) is 0.390. The van der Waals surface area contributed by atoms with Crippen molar-refractivity contribution in [3.05, 3.63) is 0 Å². The van der Waals surface area contributed by atoms with Crippen LogP contribution >= 0.6 is 19.6 Å². The second-order valence-electron chi connectivity index (χ2n) is 7.54. The number of ether oxygens (including phenoxy) is 3. The van der Waals surface area contributed by atoms with Gasteiger partial charge in [0.25, 0.3) is 0 Å². The number of hydrogen-bond donors (Lipinski definition) is 4. The van der Waals surface area contributed by atoms with Crippen LogP contribution in [-0.4, -0.2) is 99.8 Å². The van der Waals surface area contributed by atoms with Crippen LogP contribution in [0, 0.1) is 0 Å². The molecule has 12 nitrogen and oxygen atoms in total. The highest BCUT2D eigenvalue weighted by atomic mass is 32.2. The van der Waals surface area contributed by atoms with Gasteiger partial charge in [-0.1, -0.05) is 6.42 Å². The van der Waals surface area contributed by atoms with Crippen molar-refractivity contribution >= 4 is 31.5 Å². The fourth-order valence-corrected chi connectivity index (χ4v) is 5.39. The molecule has 2 fully saturated rings. The van der Waals surface area contributed by atoms with E-state index in [1.165, 1.54) is 0 Å². The first-order chi connectivity index (χ1) is 15.9. The SMILES string of the molecule is COP(=O)(O)OCCOCCOCCOCCNC(=O)CCCCC1SCC2NC(=O)NC21. The predicted molar refractivity (Wildman–Crippen MR) is 122 cm³/mol. The van der Waals surface area contributed by atoms with Crippen LogP contribution in [0.25, 0.3) is 0 Å². The average molecular weight is 514 g/mol. The van der Waals surface area contributed by atoms with Gasteiger partial charge in [-0.2, -0.15) is 11.8 Å². The van der Waals surface area contributed by atoms with E-state index >= 15 is 0 Å². The minimum Gasteiger partial charge on any atom is -0.377 e. The van der Waals surface area contributed by atoms with E-state index in [0.29, 0.717) is 51.2 Å². The molecular formula is C19H36N3O9PS. The van der Waals surface area contributed by atoms with Crippen LogP contribution in [0.1, 0.15) is 25.7 Å². The lowest BCUT2D eigenvalue weighted by molar-refractivity contribution is -0.121. The molecule has 2 saturated heterocycles.